The Morgan fingerprint density at radius 1 is 1.11 bits per heavy atom. The van der Waals surface area contributed by atoms with Crippen LogP contribution in [0.3, 0.4) is 0 Å². The van der Waals surface area contributed by atoms with Gasteiger partial charge in [0.15, 0.2) is 0 Å². The van der Waals surface area contributed by atoms with Crippen molar-refractivity contribution in [2.75, 3.05) is 21.9 Å². The fourth-order valence-electron chi connectivity index (χ4n) is 2.85. The van der Waals surface area contributed by atoms with Crippen molar-refractivity contribution in [3.05, 3.63) is 58.6 Å². The lowest BCUT2D eigenvalue weighted by Gasteiger charge is -2.28. The lowest BCUT2D eigenvalue weighted by Crippen LogP contribution is -2.37. The number of nitrogens with zero attached hydrogens (tertiary/aromatic N) is 1. The van der Waals surface area contributed by atoms with Crippen LogP contribution in [0.25, 0.3) is 0 Å². The van der Waals surface area contributed by atoms with Gasteiger partial charge in [-0.2, -0.15) is 0 Å². The first kappa shape index (κ1) is 19.2. The number of benzene rings is 2. The van der Waals surface area contributed by atoms with Gasteiger partial charge in [-0.15, -0.1) is 0 Å². The molecule has 1 heterocycles. The summed E-state index contributed by atoms with van der Waals surface area (Å²) < 4.78 is 25.7. The molecule has 7 nitrogen and oxygen atoms in total. The highest BCUT2D eigenvalue weighted by Crippen LogP contribution is 2.28. The molecule has 1 amide bonds. The number of aromatic carboxylic acids is 1. The standard InChI is InChI=1S/C18H17ClN2O5S/c19-16-11-14(21-8-1-2-9-27(21,25)26)6-7-15(16)17(22)20-13-5-3-4-12(10-13)18(23)24/h3-7,10-11H,1-2,8-9H2,(H,20,22)(H,23,24). The Bertz CT molecular complexity index is 1010. The molecule has 0 saturated carbocycles. The minimum Gasteiger partial charge on any atom is -0.478 e. The van der Waals surface area contributed by atoms with E-state index in [0.717, 1.165) is 6.42 Å². The monoisotopic (exact) mass is 408 g/mol. The predicted octanol–water partition coefficient (Wildman–Crippen LogP) is 3.22. The van der Waals surface area contributed by atoms with Crippen LogP contribution in [0.5, 0.6) is 0 Å². The number of carbonyl (C=O) groups excluding carboxylic acids is 1. The maximum atomic E-state index is 12.5. The number of sulfonamides is 1. The SMILES string of the molecule is O=C(O)c1cccc(NC(=O)c2ccc(N3CCCCS3(=O)=O)cc2Cl)c1. The quantitative estimate of drug-likeness (QED) is 0.808. The van der Waals surface area contributed by atoms with Gasteiger partial charge >= 0.3 is 5.97 Å². The molecule has 142 valence electrons. The molecule has 1 fully saturated rings. The third kappa shape index (κ3) is 4.23. The molecular weight excluding hydrogens is 392 g/mol. The van der Waals surface area contributed by atoms with Crippen LogP contribution < -0.4 is 9.62 Å². The zero-order valence-corrected chi connectivity index (χ0v) is 15.8. The molecule has 9 heteroatoms. The summed E-state index contributed by atoms with van der Waals surface area (Å²) in [6.07, 6.45) is 1.39. The van der Waals surface area contributed by atoms with E-state index < -0.39 is 21.9 Å². The fraction of sp³-hybridized carbons (Fsp3) is 0.222. The third-order valence-corrected chi connectivity index (χ3v) is 6.38. The Labute approximate surface area is 161 Å². The summed E-state index contributed by atoms with van der Waals surface area (Å²) in [5.41, 5.74) is 0.947. The van der Waals surface area contributed by atoms with Crippen molar-refractivity contribution in [2.45, 2.75) is 12.8 Å². The second-order valence-electron chi connectivity index (χ2n) is 6.10. The van der Waals surface area contributed by atoms with Gasteiger partial charge in [-0.3, -0.25) is 9.10 Å². The molecule has 0 aromatic heterocycles. The summed E-state index contributed by atoms with van der Waals surface area (Å²) in [4.78, 5) is 23.5. The van der Waals surface area contributed by atoms with E-state index in [0.29, 0.717) is 24.3 Å². The molecule has 0 atom stereocenters. The number of carbonyl (C=O) groups is 2. The van der Waals surface area contributed by atoms with Gasteiger partial charge in [-0.25, -0.2) is 13.2 Å². The molecule has 2 aromatic carbocycles. The van der Waals surface area contributed by atoms with Crippen molar-refractivity contribution in [2.24, 2.45) is 0 Å². The summed E-state index contributed by atoms with van der Waals surface area (Å²) in [5.74, 6) is -1.53. The zero-order chi connectivity index (χ0) is 19.6. The zero-order valence-electron chi connectivity index (χ0n) is 14.2. The van der Waals surface area contributed by atoms with Crippen molar-refractivity contribution < 1.29 is 23.1 Å². The summed E-state index contributed by atoms with van der Waals surface area (Å²) in [7, 11) is -3.37. The third-order valence-electron chi connectivity index (χ3n) is 4.20. The average Bonchev–Trinajstić information content (AvgIpc) is 2.61. The molecule has 1 aliphatic heterocycles. The summed E-state index contributed by atoms with van der Waals surface area (Å²) in [6, 6.07) is 10.3. The van der Waals surface area contributed by atoms with Crippen LogP contribution in [-0.4, -0.2) is 37.7 Å². The first-order valence-electron chi connectivity index (χ1n) is 8.22. The molecule has 1 aliphatic rings. The minimum absolute atomic E-state index is 0.0459. The van der Waals surface area contributed by atoms with Crippen molar-refractivity contribution in [3.63, 3.8) is 0 Å². The van der Waals surface area contributed by atoms with Crippen LogP contribution >= 0.6 is 11.6 Å². The van der Waals surface area contributed by atoms with E-state index in [4.69, 9.17) is 16.7 Å². The van der Waals surface area contributed by atoms with Crippen LogP contribution in [0.4, 0.5) is 11.4 Å². The topological polar surface area (TPSA) is 104 Å². The normalized spacial score (nSPS) is 16.0. The first-order valence-corrected chi connectivity index (χ1v) is 10.2. The number of anilines is 2. The van der Waals surface area contributed by atoms with E-state index in [9.17, 15) is 18.0 Å². The van der Waals surface area contributed by atoms with Gasteiger partial charge in [0.25, 0.3) is 5.91 Å². The van der Waals surface area contributed by atoms with Crippen LogP contribution in [0.15, 0.2) is 42.5 Å². The highest BCUT2D eigenvalue weighted by atomic mass is 35.5. The molecule has 0 aliphatic carbocycles. The van der Waals surface area contributed by atoms with E-state index >= 15 is 0 Å². The lowest BCUT2D eigenvalue weighted by molar-refractivity contribution is 0.0696. The van der Waals surface area contributed by atoms with Gasteiger partial charge in [0, 0.05) is 12.2 Å². The number of carboxylic acids is 1. The highest BCUT2D eigenvalue weighted by molar-refractivity contribution is 7.92. The van der Waals surface area contributed by atoms with E-state index in [2.05, 4.69) is 5.32 Å². The molecule has 0 unspecified atom stereocenters. The van der Waals surface area contributed by atoms with E-state index in [1.165, 1.54) is 40.7 Å². The Balaban J connectivity index is 1.82. The molecule has 2 N–H and O–H groups in total. The predicted molar refractivity (Wildman–Crippen MR) is 103 cm³/mol. The van der Waals surface area contributed by atoms with Crippen molar-refractivity contribution in [1.82, 2.24) is 0 Å². The highest BCUT2D eigenvalue weighted by Gasteiger charge is 2.26. The van der Waals surface area contributed by atoms with E-state index in [-0.39, 0.29) is 21.9 Å². The molecule has 3 rings (SSSR count). The Morgan fingerprint density at radius 3 is 2.56 bits per heavy atom. The smallest absolute Gasteiger partial charge is 0.335 e. The molecule has 0 radical (unpaired) electrons. The Morgan fingerprint density at radius 2 is 1.89 bits per heavy atom. The van der Waals surface area contributed by atoms with Gasteiger partial charge in [0.1, 0.15) is 0 Å². The fourth-order valence-corrected chi connectivity index (χ4v) is 4.74. The van der Waals surface area contributed by atoms with Gasteiger partial charge in [-0.05, 0) is 49.2 Å². The molecular formula is C18H17ClN2O5S. The van der Waals surface area contributed by atoms with Gasteiger partial charge < -0.3 is 10.4 Å². The van der Waals surface area contributed by atoms with E-state index in [1.807, 2.05) is 0 Å². The lowest BCUT2D eigenvalue weighted by atomic mass is 10.1. The maximum Gasteiger partial charge on any atom is 0.335 e. The average molecular weight is 409 g/mol. The summed E-state index contributed by atoms with van der Waals surface area (Å²) >= 11 is 6.21. The van der Waals surface area contributed by atoms with E-state index in [1.54, 1.807) is 6.07 Å². The van der Waals surface area contributed by atoms with Crippen LogP contribution in [-0.2, 0) is 10.0 Å². The van der Waals surface area contributed by atoms with Crippen molar-refractivity contribution >= 4 is 44.9 Å². The second kappa shape index (κ2) is 7.58. The number of halogens is 1. The number of hydrogen-bond donors (Lipinski definition) is 2. The van der Waals surface area contributed by atoms with Crippen molar-refractivity contribution in [1.29, 1.82) is 0 Å². The van der Waals surface area contributed by atoms with Crippen LogP contribution in [0.2, 0.25) is 5.02 Å². The molecule has 0 bridgehead atoms. The van der Waals surface area contributed by atoms with Gasteiger partial charge in [0.05, 0.1) is 27.6 Å². The van der Waals surface area contributed by atoms with Crippen LogP contribution in [0.1, 0.15) is 33.6 Å². The van der Waals surface area contributed by atoms with Gasteiger partial charge in [-0.1, -0.05) is 17.7 Å². The number of rotatable bonds is 4. The summed E-state index contributed by atoms with van der Waals surface area (Å²) in [5, 5.41) is 11.7. The number of nitrogens with one attached hydrogen (secondary N) is 1. The van der Waals surface area contributed by atoms with Crippen molar-refractivity contribution in [3.8, 4) is 0 Å². The summed E-state index contributed by atoms with van der Waals surface area (Å²) in [6.45, 7) is 0.381. The van der Waals surface area contributed by atoms with Crippen LogP contribution in [0, 0.1) is 0 Å². The van der Waals surface area contributed by atoms with Gasteiger partial charge in [0.2, 0.25) is 10.0 Å². The number of amides is 1. The minimum atomic E-state index is -3.37. The molecule has 0 spiro atoms. The Kier molecular flexibility index (Phi) is 5.38. The largest absolute Gasteiger partial charge is 0.478 e. The molecule has 2 aromatic rings. The maximum absolute atomic E-state index is 12.5. The second-order valence-corrected chi connectivity index (χ2v) is 8.52. The number of carboxylic acid groups (broad SMARTS) is 1. The molecule has 27 heavy (non-hydrogen) atoms. The molecule has 1 saturated heterocycles. The first-order chi connectivity index (χ1) is 12.8. The number of hydrogen-bond acceptors (Lipinski definition) is 4. The Hall–Kier alpha value is -2.58.